The Labute approximate surface area is 132 Å². The molecular formula is C17H17FN2OS. The van der Waals surface area contributed by atoms with Crippen molar-refractivity contribution in [3.05, 3.63) is 51.7 Å². The summed E-state index contributed by atoms with van der Waals surface area (Å²) in [7, 11) is 0. The van der Waals surface area contributed by atoms with Gasteiger partial charge in [-0.05, 0) is 37.3 Å². The SMILES string of the molecule is O=C1c2c(sc3c2CCCC3)NCN1Cc1ccccc1F. The summed E-state index contributed by atoms with van der Waals surface area (Å²) in [6.45, 7) is 0.752. The first kappa shape index (κ1) is 13.8. The lowest BCUT2D eigenvalue weighted by molar-refractivity contribution is 0.0744. The van der Waals surface area contributed by atoms with Gasteiger partial charge in [0.1, 0.15) is 10.8 Å². The van der Waals surface area contributed by atoms with Crippen molar-refractivity contribution < 1.29 is 9.18 Å². The molecule has 0 fully saturated rings. The van der Waals surface area contributed by atoms with Gasteiger partial charge in [0.05, 0.1) is 18.8 Å². The number of thiophene rings is 1. The first-order valence-electron chi connectivity index (χ1n) is 7.65. The third-order valence-electron chi connectivity index (χ3n) is 4.42. The molecule has 3 nitrogen and oxygen atoms in total. The molecule has 0 atom stereocenters. The van der Waals surface area contributed by atoms with Crippen LogP contribution in [0.2, 0.25) is 0 Å². The van der Waals surface area contributed by atoms with E-state index >= 15 is 0 Å². The highest BCUT2D eigenvalue weighted by atomic mass is 32.1. The molecule has 1 aromatic heterocycles. The molecule has 4 rings (SSSR count). The van der Waals surface area contributed by atoms with Crippen LogP contribution in [-0.2, 0) is 19.4 Å². The Morgan fingerprint density at radius 2 is 2.05 bits per heavy atom. The highest BCUT2D eigenvalue weighted by molar-refractivity contribution is 7.16. The minimum Gasteiger partial charge on any atom is -0.359 e. The molecule has 0 bridgehead atoms. The number of anilines is 1. The van der Waals surface area contributed by atoms with Gasteiger partial charge in [0.25, 0.3) is 5.91 Å². The topological polar surface area (TPSA) is 32.3 Å². The highest BCUT2D eigenvalue weighted by Gasteiger charge is 2.32. The third-order valence-corrected chi connectivity index (χ3v) is 5.67. The zero-order valence-corrected chi connectivity index (χ0v) is 13.0. The Bertz CT molecular complexity index is 740. The van der Waals surface area contributed by atoms with E-state index in [0.717, 1.165) is 29.8 Å². The summed E-state index contributed by atoms with van der Waals surface area (Å²) in [5.74, 6) is -0.218. The second kappa shape index (κ2) is 5.39. The monoisotopic (exact) mass is 316 g/mol. The zero-order valence-electron chi connectivity index (χ0n) is 12.2. The number of halogens is 1. The van der Waals surface area contributed by atoms with E-state index in [1.54, 1.807) is 34.4 Å². The number of aryl methyl sites for hydroxylation is 1. The van der Waals surface area contributed by atoms with Crippen LogP contribution >= 0.6 is 11.3 Å². The number of carbonyl (C=O) groups is 1. The Hall–Kier alpha value is -1.88. The molecule has 22 heavy (non-hydrogen) atoms. The van der Waals surface area contributed by atoms with Gasteiger partial charge in [-0.25, -0.2) is 4.39 Å². The van der Waals surface area contributed by atoms with Gasteiger partial charge in [-0.15, -0.1) is 11.3 Å². The van der Waals surface area contributed by atoms with Gasteiger partial charge < -0.3 is 10.2 Å². The Kier molecular flexibility index (Phi) is 3.37. The van der Waals surface area contributed by atoms with Crippen LogP contribution < -0.4 is 5.32 Å². The van der Waals surface area contributed by atoms with Gasteiger partial charge in [0.15, 0.2) is 0 Å². The van der Waals surface area contributed by atoms with Crippen LogP contribution in [0.15, 0.2) is 24.3 Å². The average Bonchev–Trinajstić information content (AvgIpc) is 2.91. The van der Waals surface area contributed by atoms with Crippen molar-refractivity contribution in [2.75, 3.05) is 12.0 Å². The van der Waals surface area contributed by atoms with Crippen LogP contribution in [0.3, 0.4) is 0 Å². The summed E-state index contributed by atoms with van der Waals surface area (Å²) < 4.78 is 13.8. The van der Waals surface area contributed by atoms with Crippen molar-refractivity contribution in [3.63, 3.8) is 0 Å². The van der Waals surface area contributed by atoms with Crippen molar-refractivity contribution in [2.24, 2.45) is 0 Å². The Morgan fingerprint density at radius 1 is 1.23 bits per heavy atom. The molecule has 1 N–H and O–H groups in total. The summed E-state index contributed by atoms with van der Waals surface area (Å²) in [6.07, 6.45) is 4.42. The molecule has 1 aliphatic heterocycles. The number of hydrogen-bond donors (Lipinski definition) is 1. The van der Waals surface area contributed by atoms with Crippen LogP contribution in [0.4, 0.5) is 9.39 Å². The minimum absolute atomic E-state index is 0.0383. The fourth-order valence-corrected chi connectivity index (χ4v) is 4.54. The maximum atomic E-state index is 13.8. The fourth-order valence-electron chi connectivity index (χ4n) is 3.27. The molecule has 2 heterocycles. The van der Waals surface area contributed by atoms with Crippen molar-refractivity contribution in [3.8, 4) is 0 Å². The van der Waals surface area contributed by atoms with Crippen molar-refractivity contribution >= 4 is 22.2 Å². The number of nitrogens with zero attached hydrogens (tertiary/aromatic N) is 1. The predicted octanol–water partition coefficient (Wildman–Crippen LogP) is 3.79. The van der Waals surface area contributed by atoms with E-state index in [9.17, 15) is 9.18 Å². The van der Waals surface area contributed by atoms with Gasteiger partial charge >= 0.3 is 0 Å². The molecule has 1 amide bonds. The van der Waals surface area contributed by atoms with Crippen molar-refractivity contribution in [1.29, 1.82) is 0 Å². The molecular weight excluding hydrogens is 299 g/mol. The number of benzene rings is 1. The van der Waals surface area contributed by atoms with E-state index in [4.69, 9.17) is 0 Å². The predicted molar refractivity (Wildman–Crippen MR) is 85.7 cm³/mol. The maximum absolute atomic E-state index is 13.8. The lowest BCUT2D eigenvalue weighted by atomic mass is 9.94. The first-order chi connectivity index (χ1) is 10.7. The van der Waals surface area contributed by atoms with Gasteiger partial charge in [-0.2, -0.15) is 0 Å². The molecule has 1 aromatic carbocycles. The van der Waals surface area contributed by atoms with E-state index in [0.29, 0.717) is 18.8 Å². The van der Waals surface area contributed by atoms with Crippen LogP contribution in [0.1, 0.15) is 39.2 Å². The summed E-state index contributed by atoms with van der Waals surface area (Å²) >= 11 is 1.72. The Balaban J connectivity index is 1.64. The number of hydrogen-bond acceptors (Lipinski definition) is 3. The van der Waals surface area contributed by atoms with E-state index in [1.165, 1.54) is 22.9 Å². The lowest BCUT2D eigenvalue weighted by Crippen LogP contribution is -2.39. The summed E-state index contributed by atoms with van der Waals surface area (Å²) in [5, 5.41) is 4.34. The molecule has 0 unspecified atom stereocenters. The molecule has 0 saturated carbocycles. The molecule has 0 saturated heterocycles. The highest BCUT2D eigenvalue weighted by Crippen LogP contribution is 2.40. The standard InChI is InChI=1S/C17H17FN2OS/c18-13-7-3-1-5-11(13)9-20-10-19-16-15(17(20)21)12-6-2-4-8-14(12)22-16/h1,3,5,7,19H,2,4,6,8-10H2. The van der Waals surface area contributed by atoms with Gasteiger partial charge in [0.2, 0.25) is 0 Å². The zero-order chi connectivity index (χ0) is 15.1. The average molecular weight is 316 g/mol. The van der Waals surface area contributed by atoms with E-state index in [-0.39, 0.29) is 11.7 Å². The first-order valence-corrected chi connectivity index (χ1v) is 8.47. The minimum atomic E-state index is -0.256. The molecule has 2 aromatic rings. The van der Waals surface area contributed by atoms with Gasteiger partial charge in [0, 0.05) is 10.4 Å². The van der Waals surface area contributed by atoms with Gasteiger partial charge in [-0.1, -0.05) is 18.2 Å². The van der Waals surface area contributed by atoms with Crippen molar-refractivity contribution in [2.45, 2.75) is 32.2 Å². The summed E-state index contributed by atoms with van der Waals surface area (Å²) in [5.41, 5.74) is 2.62. The summed E-state index contributed by atoms with van der Waals surface area (Å²) in [4.78, 5) is 15.9. The third kappa shape index (κ3) is 2.20. The second-order valence-corrected chi connectivity index (χ2v) is 6.95. The smallest absolute Gasteiger partial charge is 0.258 e. The number of nitrogens with one attached hydrogen (secondary N) is 1. The van der Waals surface area contributed by atoms with Crippen molar-refractivity contribution in [1.82, 2.24) is 4.90 Å². The lowest BCUT2D eigenvalue weighted by Gasteiger charge is -2.29. The number of fused-ring (bicyclic) bond motifs is 3. The quantitative estimate of drug-likeness (QED) is 0.914. The molecule has 0 radical (unpaired) electrons. The maximum Gasteiger partial charge on any atom is 0.258 e. The van der Waals surface area contributed by atoms with E-state index in [2.05, 4.69) is 5.32 Å². The van der Waals surface area contributed by atoms with Crippen LogP contribution in [0.25, 0.3) is 0 Å². The number of rotatable bonds is 2. The summed E-state index contributed by atoms with van der Waals surface area (Å²) in [6, 6.07) is 6.65. The molecule has 5 heteroatoms. The largest absolute Gasteiger partial charge is 0.359 e. The van der Waals surface area contributed by atoms with E-state index < -0.39 is 0 Å². The van der Waals surface area contributed by atoms with Crippen LogP contribution in [-0.4, -0.2) is 17.5 Å². The Morgan fingerprint density at radius 3 is 2.91 bits per heavy atom. The molecule has 2 aliphatic rings. The van der Waals surface area contributed by atoms with E-state index in [1.807, 2.05) is 0 Å². The van der Waals surface area contributed by atoms with Crippen LogP contribution in [0.5, 0.6) is 0 Å². The normalized spacial score (nSPS) is 17.0. The number of amides is 1. The van der Waals surface area contributed by atoms with Crippen LogP contribution in [0, 0.1) is 5.82 Å². The molecule has 1 aliphatic carbocycles. The van der Waals surface area contributed by atoms with Gasteiger partial charge in [-0.3, -0.25) is 4.79 Å². The molecule has 114 valence electrons. The second-order valence-electron chi connectivity index (χ2n) is 5.84. The fraction of sp³-hybridized carbons (Fsp3) is 0.353. The molecule has 0 spiro atoms. The number of carbonyl (C=O) groups excluding carboxylic acids is 1.